The molecule has 2 aromatic rings. The summed E-state index contributed by atoms with van der Waals surface area (Å²) in [6.45, 7) is 3.32. The largest absolute Gasteiger partial charge is 0.466 e. The average Bonchev–Trinajstić information content (AvgIpc) is 3.00. The van der Waals surface area contributed by atoms with Crippen molar-refractivity contribution in [2.45, 2.75) is 51.1 Å². The van der Waals surface area contributed by atoms with Crippen LogP contribution in [0, 0.1) is 11.8 Å². The molecule has 4 nitrogen and oxygen atoms in total. The summed E-state index contributed by atoms with van der Waals surface area (Å²) >= 11 is 0. The van der Waals surface area contributed by atoms with Crippen LogP contribution in [0.4, 0.5) is 0 Å². The predicted octanol–water partition coefficient (Wildman–Crippen LogP) is 3.82. The summed E-state index contributed by atoms with van der Waals surface area (Å²) in [5.41, 5.74) is 4.27. The van der Waals surface area contributed by atoms with Crippen LogP contribution in [0.15, 0.2) is 24.3 Å². The molecule has 0 amide bonds. The molecule has 3 heterocycles. The minimum Gasteiger partial charge on any atom is -0.466 e. The van der Waals surface area contributed by atoms with Gasteiger partial charge in [0.05, 0.1) is 12.6 Å². The topological polar surface area (TPSA) is 45.3 Å². The van der Waals surface area contributed by atoms with Gasteiger partial charge in [-0.3, -0.25) is 9.69 Å². The smallest absolute Gasteiger partial charge is 0.302 e. The number of carbonyl (C=O) groups is 1. The zero-order valence-corrected chi connectivity index (χ0v) is 14.8. The summed E-state index contributed by atoms with van der Waals surface area (Å²) in [6, 6.07) is 9.94. The van der Waals surface area contributed by atoms with E-state index in [1.54, 1.807) is 0 Å². The van der Waals surface area contributed by atoms with E-state index >= 15 is 0 Å². The Bertz CT molecular complexity index is 811. The molecular formula is C21H26N2O2. The van der Waals surface area contributed by atoms with Crippen molar-refractivity contribution in [2.75, 3.05) is 13.2 Å². The Kier molecular flexibility index (Phi) is 3.63. The van der Waals surface area contributed by atoms with Crippen LogP contribution < -0.4 is 0 Å². The lowest BCUT2D eigenvalue weighted by Gasteiger charge is -2.52. The molecule has 0 spiro atoms. The molecule has 0 radical (unpaired) electrons. The van der Waals surface area contributed by atoms with Crippen molar-refractivity contribution in [1.29, 1.82) is 0 Å². The number of esters is 1. The van der Waals surface area contributed by atoms with Crippen LogP contribution >= 0.6 is 0 Å². The van der Waals surface area contributed by atoms with Crippen molar-refractivity contribution in [2.24, 2.45) is 11.8 Å². The molecule has 1 aliphatic carbocycles. The second kappa shape index (κ2) is 5.87. The molecule has 1 saturated carbocycles. The highest BCUT2D eigenvalue weighted by Gasteiger charge is 2.45. The van der Waals surface area contributed by atoms with Gasteiger partial charge in [-0.25, -0.2) is 0 Å². The van der Waals surface area contributed by atoms with Gasteiger partial charge in [0.2, 0.25) is 0 Å². The number of aromatic amines is 1. The van der Waals surface area contributed by atoms with Crippen molar-refractivity contribution in [3.63, 3.8) is 0 Å². The molecule has 5 rings (SSSR count). The summed E-state index contributed by atoms with van der Waals surface area (Å²) in [6.07, 6.45) is 6.08. The van der Waals surface area contributed by atoms with E-state index in [1.165, 1.54) is 61.3 Å². The Labute approximate surface area is 148 Å². The van der Waals surface area contributed by atoms with Crippen molar-refractivity contribution < 1.29 is 9.53 Å². The number of H-pyrrole nitrogens is 1. The van der Waals surface area contributed by atoms with Crippen LogP contribution in [-0.2, 0) is 16.0 Å². The van der Waals surface area contributed by atoms with Gasteiger partial charge in [0, 0.05) is 36.1 Å². The van der Waals surface area contributed by atoms with Crippen LogP contribution in [0.5, 0.6) is 0 Å². The Morgan fingerprint density at radius 1 is 1.28 bits per heavy atom. The van der Waals surface area contributed by atoms with Gasteiger partial charge in [-0.2, -0.15) is 0 Å². The molecule has 3 aliphatic rings. The number of piperidine rings is 1. The minimum absolute atomic E-state index is 0.143. The third-order valence-corrected chi connectivity index (χ3v) is 6.81. The van der Waals surface area contributed by atoms with Crippen LogP contribution in [0.25, 0.3) is 10.9 Å². The van der Waals surface area contributed by atoms with Crippen molar-refractivity contribution in [3.05, 3.63) is 35.5 Å². The molecule has 1 N–H and O–H groups in total. The number of benzene rings is 1. The molecule has 2 bridgehead atoms. The maximum Gasteiger partial charge on any atom is 0.302 e. The molecule has 4 heteroatoms. The van der Waals surface area contributed by atoms with Crippen LogP contribution in [0.3, 0.4) is 0 Å². The number of ether oxygens (including phenoxy) is 1. The van der Waals surface area contributed by atoms with Gasteiger partial charge < -0.3 is 9.72 Å². The molecule has 0 unspecified atom stereocenters. The molecular weight excluding hydrogens is 312 g/mol. The zero-order valence-electron chi connectivity index (χ0n) is 14.8. The van der Waals surface area contributed by atoms with Crippen LogP contribution in [-0.4, -0.2) is 35.0 Å². The van der Waals surface area contributed by atoms with Crippen molar-refractivity contribution >= 4 is 16.9 Å². The number of hydrogen-bond acceptors (Lipinski definition) is 3. The fraction of sp³-hybridized carbons (Fsp3) is 0.571. The summed E-state index contributed by atoms with van der Waals surface area (Å²) in [7, 11) is 0. The second-order valence-corrected chi connectivity index (χ2v) is 8.09. The first-order chi connectivity index (χ1) is 12.2. The average molecular weight is 338 g/mol. The summed E-state index contributed by atoms with van der Waals surface area (Å²) in [5.74, 6) is 1.07. The molecule has 2 fully saturated rings. The van der Waals surface area contributed by atoms with E-state index in [2.05, 4.69) is 34.1 Å². The number of nitrogens with zero attached hydrogens (tertiary/aromatic N) is 1. The third kappa shape index (κ3) is 2.50. The van der Waals surface area contributed by atoms with Crippen molar-refractivity contribution in [1.82, 2.24) is 9.88 Å². The molecule has 1 saturated heterocycles. The highest BCUT2D eigenvalue weighted by atomic mass is 16.5. The lowest BCUT2D eigenvalue weighted by molar-refractivity contribution is -0.144. The standard InChI is InChI=1S/C21H26N2O2/c1-13(24)25-12-14-6-7-16-10-15(14)11-20-21-18(8-9-23(16)20)17-4-2-3-5-19(17)22-21/h2-5,14-16,20,22H,6-12H2,1H3/t14-,15-,16+,20+/m0/s1. The predicted molar refractivity (Wildman–Crippen MR) is 97.3 cm³/mol. The SMILES string of the molecule is CC(=O)OC[C@@H]1CC[C@@H]2C[C@H]1C[C@@H]1c3[nH]c4ccccc4c3CCN21. The van der Waals surface area contributed by atoms with E-state index in [0.717, 1.165) is 6.42 Å². The Balaban J connectivity index is 1.46. The van der Waals surface area contributed by atoms with Gasteiger partial charge >= 0.3 is 5.97 Å². The van der Waals surface area contributed by atoms with Crippen molar-refractivity contribution in [3.8, 4) is 0 Å². The molecule has 4 atom stereocenters. The zero-order chi connectivity index (χ0) is 17.0. The number of carbonyl (C=O) groups excluding carboxylic acids is 1. The highest BCUT2D eigenvalue weighted by Crippen LogP contribution is 2.49. The van der Waals surface area contributed by atoms with E-state index in [4.69, 9.17) is 4.74 Å². The lowest BCUT2D eigenvalue weighted by Crippen LogP contribution is -2.52. The van der Waals surface area contributed by atoms with Gasteiger partial charge in [0.15, 0.2) is 0 Å². The second-order valence-electron chi connectivity index (χ2n) is 8.09. The van der Waals surface area contributed by atoms with Crippen LogP contribution in [0.2, 0.25) is 0 Å². The minimum atomic E-state index is -0.143. The van der Waals surface area contributed by atoms with Gasteiger partial charge in [0.1, 0.15) is 0 Å². The lowest BCUT2D eigenvalue weighted by atomic mass is 9.69. The molecule has 132 valence electrons. The van der Waals surface area contributed by atoms with E-state index < -0.39 is 0 Å². The summed E-state index contributed by atoms with van der Waals surface area (Å²) in [4.78, 5) is 17.7. The van der Waals surface area contributed by atoms with Gasteiger partial charge in [-0.15, -0.1) is 0 Å². The van der Waals surface area contributed by atoms with Crippen LogP contribution in [0.1, 0.15) is 49.9 Å². The van der Waals surface area contributed by atoms with E-state index in [9.17, 15) is 4.79 Å². The fourth-order valence-corrected chi connectivity index (χ4v) is 5.65. The summed E-state index contributed by atoms with van der Waals surface area (Å²) in [5, 5.41) is 1.41. The fourth-order valence-electron chi connectivity index (χ4n) is 5.65. The number of para-hydroxylation sites is 1. The normalized spacial score (nSPS) is 31.4. The monoisotopic (exact) mass is 338 g/mol. The first kappa shape index (κ1) is 15.4. The molecule has 1 aromatic carbocycles. The number of nitrogens with one attached hydrogen (secondary N) is 1. The number of aromatic nitrogens is 1. The van der Waals surface area contributed by atoms with Gasteiger partial charge in [-0.1, -0.05) is 18.2 Å². The van der Waals surface area contributed by atoms with E-state index in [1.807, 2.05) is 0 Å². The number of fused-ring (bicyclic) bond motifs is 8. The van der Waals surface area contributed by atoms with E-state index in [0.29, 0.717) is 30.5 Å². The maximum atomic E-state index is 11.2. The quantitative estimate of drug-likeness (QED) is 0.847. The Morgan fingerprint density at radius 3 is 3.04 bits per heavy atom. The summed E-state index contributed by atoms with van der Waals surface area (Å²) < 4.78 is 5.37. The maximum absolute atomic E-state index is 11.2. The molecule has 2 aliphatic heterocycles. The Morgan fingerprint density at radius 2 is 2.16 bits per heavy atom. The highest BCUT2D eigenvalue weighted by molar-refractivity contribution is 5.85. The first-order valence-electron chi connectivity index (χ1n) is 9.69. The number of rotatable bonds is 2. The van der Waals surface area contributed by atoms with E-state index in [-0.39, 0.29) is 5.97 Å². The number of hydrogen-bond donors (Lipinski definition) is 1. The van der Waals surface area contributed by atoms with Gasteiger partial charge in [-0.05, 0) is 55.6 Å². The molecule has 1 aromatic heterocycles. The molecule has 25 heavy (non-hydrogen) atoms. The van der Waals surface area contributed by atoms with Gasteiger partial charge in [0.25, 0.3) is 0 Å². The third-order valence-electron chi connectivity index (χ3n) is 6.81. The first-order valence-corrected chi connectivity index (χ1v) is 9.69. The Hall–Kier alpha value is -1.81.